The predicted octanol–water partition coefficient (Wildman–Crippen LogP) is 4.64. The quantitative estimate of drug-likeness (QED) is 0.723. The summed E-state index contributed by atoms with van der Waals surface area (Å²) in [6, 6.07) is 13.4. The van der Waals surface area contributed by atoms with Crippen molar-refractivity contribution in [2.24, 2.45) is 5.92 Å². The first-order valence-electron chi connectivity index (χ1n) is 9.03. The summed E-state index contributed by atoms with van der Waals surface area (Å²) in [4.78, 5) is 13.9. The Kier molecular flexibility index (Phi) is 5.27. The topological polar surface area (TPSA) is 52.6 Å². The molecule has 0 bridgehead atoms. The van der Waals surface area contributed by atoms with Crippen molar-refractivity contribution in [3.8, 4) is 16.9 Å². The molecule has 1 amide bonds. The first kappa shape index (κ1) is 17.3. The lowest BCUT2D eigenvalue weighted by atomic mass is 10.0. The van der Waals surface area contributed by atoms with Crippen LogP contribution in [0.15, 0.2) is 42.5 Å². The number of amides is 1. The first-order chi connectivity index (χ1) is 12.1. The lowest BCUT2D eigenvalue weighted by Gasteiger charge is -2.24. The molecule has 2 N–H and O–H groups in total. The van der Waals surface area contributed by atoms with Gasteiger partial charge in [0.15, 0.2) is 0 Å². The molecule has 2 aromatic carbocycles. The molecular weight excluding hydrogens is 312 g/mol. The van der Waals surface area contributed by atoms with Crippen LogP contribution in [-0.4, -0.2) is 24.1 Å². The van der Waals surface area contributed by atoms with Crippen molar-refractivity contribution in [1.29, 1.82) is 0 Å². The molecule has 132 valence electrons. The van der Waals surface area contributed by atoms with Crippen LogP contribution in [0.1, 0.15) is 33.1 Å². The van der Waals surface area contributed by atoms with Gasteiger partial charge in [0.25, 0.3) is 0 Å². The van der Waals surface area contributed by atoms with E-state index < -0.39 is 0 Å². The fourth-order valence-electron chi connectivity index (χ4n) is 3.13. The zero-order valence-electron chi connectivity index (χ0n) is 15.0. The van der Waals surface area contributed by atoms with Gasteiger partial charge in [0.05, 0.1) is 0 Å². The van der Waals surface area contributed by atoms with Crippen molar-refractivity contribution in [2.75, 3.05) is 23.3 Å². The highest BCUT2D eigenvalue weighted by Crippen LogP contribution is 2.34. The molecule has 0 aromatic heterocycles. The second-order valence-corrected chi connectivity index (χ2v) is 6.85. The van der Waals surface area contributed by atoms with Gasteiger partial charge < -0.3 is 15.3 Å². The summed E-state index contributed by atoms with van der Waals surface area (Å²) >= 11 is 0. The molecule has 0 saturated heterocycles. The molecule has 0 atom stereocenters. The molecule has 0 aliphatic heterocycles. The number of aromatic hydroxyl groups is 1. The normalized spacial score (nSPS) is 13.5. The van der Waals surface area contributed by atoms with E-state index in [0.29, 0.717) is 5.69 Å². The molecule has 1 fully saturated rings. The van der Waals surface area contributed by atoms with E-state index in [1.54, 1.807) is 18.2 Å². The fraction of sp³-hybridized carbons (Fsp3) is 0.381. The Morgan fingerprint density at radius 2 is 1.92 bits per heavy atom. The fourth-order valence-corrected chi connectivity index (χ4v) is 3.13. The third-order valence-electron chi connectivity index (χ3n) is 4.53. The van der Waals surface area contributed by atoms with Crippen LogP contribution in [0.3, 0.4) is 0 Å². The summed E-state index contributed by atoms with van der Waals surface area (Å²) in [5.74, 6) is 0.917. The highest BCUT2D eigenvalue weighted by Gasteiger charge is 2.24. The van der Waals surface area contributed by atoms with E-state index >= 15 is 0 Å². The molecule has 3 rings (SSSR count). The maximum atomic E-state index is 11.4. The van der Waals surface area contributed by atoms with Crippen LogP contribution in [0.2, 0.25) is 0 Å². The molecule has 25 heavy (non-hydrogen) atoms. The highest BCUT2D eigenvalue weighted by molar-refractivity contribution is 5.94. The lowest BCUT2D eigenvalue weighted by molar-refractivity contribution is -0.114. The predicted molar refractivity (Wildman–Crippen MR) is 103 cm³/mol. The minimum absolute atomic E-state index is 0.123. The summed E-state index contributed by atoms with van der Waals surface area (Å²) in [5, 5.41) is 12.7. The summed E-state index contributed by atoms with van der Waals surface area (Å²) < 4.78 is 0. The second kappa shape index (κ2) is 7.60. The number of carbonyl (C=O) groups is 1. The Labute approximate surface area is 149 Å². The van der Waals surface area contributed by atoms with Crippen molar-refractivity contribution in [2.45, 2.75) is 33.1 Å². The van der Waals surface area contributed by atoms with Crippen LogP contribution in [0, 0.1) is 5.92 Å². The molecule has 1 aliphatic rings. The molecule has 0 spiro atoms. The van der Waals surface area contributed by atoms with E-state index in [1.807, 2.05) is 0 Å². The number of benzene rings is 2. The number of anilines is 2. The van der Waals surface area contributed by atoms with Crippen LogP contribution < -0.4 is 10.2 Å². The van der Waals surface area contributed by atoms with Crippen LogP contribution in [0.4, 0.5) is 11.4 Å². The molecule has 0 unspecified atom stereocenters. The summed E-state index contributed by atoms with van der Waals surface area (Å²) in [6.07, 6.45) is 3.83. The number of carbonyl (C=O) groups excluding carboxylic acids is 1. The van der Waals surface area contributed by atoms with Gasteiger partial charge in [-0.25, -0.2) is 0 Å². The van der Waals surface area contributed by atoms with E-state index in [9.17, 15) is 9.90 Å². The summed E-state index contributed by atoms with van der Waals surface area (Å²) in [6.45, 7) is 5.90. The van der Waals surface area contributed by atoms with Gasteiger partial charge in [-0.05, 0) is 61.1 Å². The molecule has 0 heterocycles. The minimum atomic E-state index is -0.123. The van der Waals surface area contributed by atoms with Gasteiger partial charge in [-0.2, -0.15) is 0 Å². The molecule has 2 aromatic rings. The smallest absolute Gasteiger partial charge is 0.221 e. The van der Waals surface area contributed by atoms with Gasteiger partial charge in [-0.15, -0.1) is 0 Å². The van der Waals surface area contributed by atoms with Crippen LogP contribution in [0.5, 0.6) is 5.75 Å². The van der Waals surface area contributed by atoms with Crippen molar-refractivity contribution in [3.63, 3.8) is 0 Å². The SMILES string of the molecule is CCCN(CC1CC1)c1ccc(-c2cc(O)ccc2NC(C)=O)cc1. The number of nitrogens with one attached hydrogen (secondary N) is 1. The van der Waals surface area contributed by atoms with E-state index in [1.165, 1.54) is 25.5 Å². The molecule has 0 radical (unpaired) electrons. The standard InChI is InChI=1S/C21H26N2O2/c1-3-12-23(14-16-4-5-16)18-8-6-17(7-9-18)20-13-19(25)10-11-21(20)22-15(2)24/h6-11,13,16,25H,3-5,12,14H2,1-2H3,(H,22,24). The Morgan fingerprint density at radius 3 is 2.52 bits per heavy atom. The van der Waals surface area contributed by atoms with E-state index in [2.05, 4.69) is 41.4 Å². The number of phenolic OH excluding ortho intramolecular Hbond substituents is 1. The maximum Gasteiger partial charge on any atom is 0.221 e. The second-order valence-electron chi connectivity index (χ2n) is 6.85. The molecular formula is C21H26N2O2. The first-order valence-corrected chi connectivity index (χ1v) is 9.03. The van der Waals surface area contributed by atoms with Gasteiger partial charge in [0.1, 0.15) is 5.75 Å². The Balaban J connectivity index is 1.86. The van der Waals surface area contributed by atoms with Gasteiger partial charge >= 0.3 is 0 Å². The average Bonchev–Trinajstić information content (AvgIpc) is 3.40. The van der Waals surface area contributed by atoms with Crippen molar-refractivity contribution in [3.05, 3.63) is 42.5 Å². The lowest BCUT2D eigenvalue weighted by Crippen LogP contribution is -2.26. The Bertz CT molecular complexity index is 736. The van der Waals surface area contributed by atoms with Crippen molar-refractivity contribution in [1.82, 2.24) is 0 Å². The van der Waals surface area contributed by atoms with Crippen molar-refractivity contribution < 1.29 is 9.90 Å². The van der Waals surface area contributed by atoms with Crippen molar-refractivity contribution >= 4 is 17.3 Å². The van der Waals surface area contributed by atoms with Gasteiger partial charge in [0.2, 0.25) is 5.91 Å². The monoisotopic (exact) mass is 338 g/mol. The third kappa shape index (κ3) is 4.53. The zero-order valence-corrected chi connectivity index (χ0v) is 15.0. The van der Waals surface area contributed by atoms with E-state index in [4.69, 9.17) is 0 Å². The number of rotatable bonds is 7. The maximum absolute atomic E-state index is 11.4. The number of nitrogens with zero attached hydrogens (tertiary/aromatic N) is 1. The van der Waals surface area contributed by atoms with Crippen LogP contribution in [-0.2, 0) is 4.79 Å². The third-order valence-corrected chi connectivity index (χ3v) is 4.53. The molecule has 1 aliphatic carbocycles. The van der Waals surface area contributed by atoms with Gasteiger partial charge in [-0.3, -0.25) is 4.79 Å². The number of hydrogen-bond donors (Lipinski definition) is 2. The minimum Gasteiger partial charge on any atom is -0.508 e. The number of phenols is 1. The van der Waals surface area contributed by atoms with Gasteiger partial charge in [-0.1, -0.05) is 19.1 Å². The van der Waals surface area contributed by atoms with Crippen LogP contribution in [0.25, 0.3) is 11.1 Å². The van der Waals surface area contributed by atoms with Gasteiger partial charge in [0, 0.05) is 37.0 Å². The summed E-state index contributed by atoms with van der Waals surface area (Å²) in [5.41, 5.74) is 3.75. The average molecular weight is 338 g/mol. The largest absolute Gasteiger partial charge is 0.508 e. The molecule has 4 nitrogen and oxygen atoms in total. The summed E-state index contributed by atoms with van der Waals surface area (Å²) in [7, 11) is 0. The molecule has 4 heteroatoms. The highest BCUT2D eigenvalue weighted by atomic mass is 16.3. The van der Waals surface area contributed by atoms with E-state index in [-0.39, 0.29) is 11.7 Å². The zero-order chi connectivity index (χ0) is 17.8. The number of hydrogen-bond acceptors (Lipinski definition) is 3. The Hall–Kier alpha value is -2.49. The van der Waals surface area contributed by atoms with Crippen LogP contribution >= 0.6 is 0 Å². The van der Waals surface area contributed by atoms with E-state index in [0.717, 1.165) is 36.6 Å². The molecule has 1 saturated carbocycles. The Morgan fingerprint density at radius 1 is 1.20 bits per heavy atom.